The third-order valence-corrected chi connectivity index (χ3v) is 24.8. The Hall–Kier alpha value is -10.7. The summed E-state index contributed by atoms with van der Waals surface area (Å²) >= 11 is 0. The van der Waals surface area contributed by atoms with Crippen molar-refractivity contribution in [1.82, 2.24) is 0 Å². The standard InChI is InChI=1S/C29H30O3.C21H21O3S.C20H17OS.C17H18O5S.C10H14O.BrH/c1-3-22(2)24-16-18-26(19-17-24)32-29(31-20-23-10-5-4-6-11-23)21-30-28-15-9-13-25-12-7-8-14-27(25)28;1-22-16-7-4-10-19(13-16)25(20-11-5-8-17(14-20)23-2)21-12-6-9-18(15-21)24-3;21-14-13-15-9-11-16(12-10-15)22-19-7-3-1-5-17(19)18-6-2-4-8-20(18)22;1-3-12(2)13-8-10-14(11-9-13)22-17(18)15-6-4-5-7-16(15)23(19,20)21;1-3-8(2)9-4-6-10(11)7-5-9;/h4-19,22,29H,3,20-21H2,1-2H3;4-15H,1-3H3;1-12,21H,13-14H2;4-12H,3H2,1-2H3,(H,19,20,21);4-8,11H,3H2,1-2H3;1H/q;2*+1;;;/p-2. The van der Waals surface area contributed by atoms with Crippen LogP contribution >= 0.6 is 10.5 Å². The molecular formula is C97H99BrO13S3. The number of phenols is 1. The molecule has 1 heterocycles. The van der Waals surface area contributed by atoms with Crippen molar-refractivity contribution in [3.8, 4) is 45.1 Å². The van der Waals surface area contributed by atoms with Crippen molar-refractivity contribution in [1.29, 1.82) is 0 Å². The van der Waals surface area contributed by atoms with Crippen molar-refractivity contribution >= 4 is 68.4 Å². The van der Waals surface area contributed by atoms with Gasteiger partial charge in [0.05, 0.1) is 49.3 Å². The fourth-order valence-electron chi connectivity index (χ4n) is 12.4. The summed E-state index contributed by atoms with van der Waals surface area (Å²) in [5.74, 6) is 5.42. The molecule has 4 atom stereocenters. The monoisotopic (exact) mass is 1650 g/mol. The fraction of sp³-hybridized carbons (Fsp3) is 0.206. The maximum atomic E-state index is 12.1. The minimum absolute atomic E-state index is 0. The molecule has 0 amide bonds. The minimum Gasteiger partial charge on any atom is -1.00 e. The topological polar surface area (TPSA) is 179 Å². The number of hydrogen-bond acceptors (Lipinski definition) is 13. The number of ether oxygens (including phenoxy) is 7. The molecule has 4 unspecified atom stereocenters. The van der Waals surface area contributed by atoms with E-state index >= 15 is 0 Å². The van der Waals surface area contributed by atoms with E-state index in [1.165, 1.54) is 74.6 Å². The quantitative estimate of drug-likeness (QED) is 0.0172. The van der Waals surface area contributed by atoms with Gasteiger partial charge in [0, 0.05) is 51.4 Å². The van der Waals surface area contributed by atoms with Crippen LogP contribution in [0.1, 0.15) is 117 Å². The zero-order valence-electron chi connectivity index (χ0n) is 65.8. The SMILES string of the molecule is CCC(C)c1ccc(O)cc1.CCC(C)c1ccc(OC(=O)c2ccccc2S(=O)(=O)[O-])cc1.CCC(C)c1ccc(OC(COc2cccc3ccccc23)OCc2ccccc2)cc1.COc1cccc([S+](c2cccc(OC)c2)c2cccc(OC)c2)c1.OCCc1ccc(-[s+]2c3ccccc3c3ccccc32)cc1.[Br-]. The van der Waals surface area contributed by atoms with Gasteiger partial charge in [0.25, 0.3) is 0 Å². The number of phenolic OH excluding ortho intramolecular Hbond substituents is 1. The number of thiophene rings is 1. The summed E-state index contributed by atoms with van der Waals surface area (Å²) in [6.45, 7) is 13.9. The minimum atomic E-state index is -4.74. The molecule has 0 bridgehead atoms. The number of fused-ring (bicyclic) bond motifs is 4. The highest BCUT2D eigenvalue weighted by Gasteiger charge is 2.31. The summed E-state index contributed by atoms with van der Waals surface area (Å²) in [7, 11) is 0.0179. The maximum Gasteiger partial charge on any atom is 0.344 e. The van der Waals surface area contributed by atoms with Gasteiger partial charge in [-0.1, -0.05) is 211 Å². The summed E-state index contributed by atoms with van der Waals surface area (Å²) in [4.78, 5) is 16.4. The van der Waals surface area contributed by atoms with E-state index in [9.17, 15) is 17.8 Å². The first kappa shape index (κ1) is 87.2. The molecule has 14 rings (SSSR count). The second kappa shape index (κ2) is 44.1. The number of benzene rings is 13. The Bertz CT molecular complexity index is 5240. The summed E-state index contributed by atoms with van der Waals surface area (Å²) < 4.78 is 76.3. The number of methoxy groups -OCH3 is 3. The predicted octanol–water partition coefficient (Wildman–Crippen LogP) is 20.7. The van der Waals surface area contributed by atoms with Crippen LogP contribution in [0.15, 0.2) is 335 Å². The number of esters is 1. The molecule has 17 heteroatoms. The fourth-order valence-corrected chi connectivity index (χ4v) is 17.6. The van der Waals surface area contributed by atoms with E-state index in [0.717, 1.165) is 82.4 Å². The molecule has 114 heavy (non-hydrogen) atoms. The molecule has 0 aliphatic heterocycles. The van der Waals surface area contributed by atoms with Gasteiger partial charge in [0.2, 0.25) is 6.29 Å². The summed E-state index contributed by atoms with van der Waals surface area (Å²) in [6, 6.07) is 103. The normalized spacial score (nSPS) is 11.9. The van der Waals surface area contributed by atoms with E-state index in [0.29, 0.717) is 35.9 Å². The van der Waals surface area contributed by atoms with E-state index in [4.69, 9.17) is 43.4 Å². The first-order valence-electron chi connectivity index (χ1n) is 37.9. The molecule has 0 aliphatic rings. The van der Waals surface area contributed by atoms with E-state index in [1.54, 1.807) is 45.6 Å². The van der Waals surface area contributed by atoms with Crippen molar-refractivity contribution in [3.63, 3.8) is 0 Å². The number of hydrogen-bond donors (Lipinski definition) is 2. The van der Waals surface area contributed by atoms with Crippen LogP contribution in [0.25, 0.3) is 35.8 Å². The van der Waals surface area contributed by atoms with Gasteiger partial charge in [0.1, 0.15) is 50.4 Å². The Morgan fingerprint density at radius 1 is 0.465 bits per heavy atom. The van der Waals surface area contributed by atoms with Crippen molar-refractivity contribution in [3.05, 3.63) is 349 Å². The molecular weight excluding hydrogens is 1550 g/mol. The second-order valence-corrected chi connectivity index (χ2v) is 32.2. The number of carbonyl (C=O) groups is 1. The molecule has 13 aromatic carbocycles. The molecule has 1 aromatic heterocycles. The molecule has 0 radical (unpaired) electrons. The van der Waals surface area contributed by atoms with Gasteiger partial charge in [-0.2, -0.15) is 0 Å². The number of carbonyl (C=O) groups excluding carboxylic acids is 1. The Labute approximate surface area is 687 Å². The molecule has 0 saturated carbocycles. The largest absolute Gasteiger partial charge is 1.00 e. The molecule has 590 valence electrons. The number of aliphatic hydroxyl groups is 1. The lowest BCUT2D eigenvalue weighted by atomic mass is 9.99. The number of rotatable bonds is 26. The second-order valence-electron chi connectivity index (χ2n) is 26.9. The Kier molecular flexibility index (Phi) is 33.7. The van der Waals surface area contributed by atoms with Crippen LogP contribution in [-0.2, 0) is 38.8 Å². The molecule has 14 aromatic rings. The number of halogens is 1. The van der Waals surface area contributed by atoms with E-state index in [2.05, 4.69) is 181 Å². The third-order valence-electron chi connectivity index (χ3n) is 19.3. The van der Waals surface area contributed by atoms with Gasteiger partial charge in [-0.3, -0.25) is 0 Å². The van der Waals surface area contributed by atoms with Crippen LogP contribution in [-0.4, -0.2) is 70.0 Å². The highest BCUT2D eigenvalue weighted by molar-refractivity contribution is 7.97. The molecule has 0 spiro atoms. The molecule has 0 fully saturated rings. The smallest absolute Gasteiger partial charge is 0.344 e. The first-order valence-corrected chi connectivity index (χ1v) is 41.8. The van der Waals surface area contributed by atoms with Crippen LogP contribution in [0, 0.1) is 0 Å². The van der Waals surface area contributed by atoms with Gasteiger partial charge < -0.3 is 64.9 Å². The van der Waals surface area contributed by atoms with E-state index in [1.807, 2.05) is 127 Å². The average molecular weight is 1650 g/mol. The van der Waals surface area contributed by atoms with Crippen LogP contribution in [0.2, 0.25) is 0 Å². The van der Waals surface area contributed by atoms with Crippen LogP contribution in [0.4, 0.5) is 0 Å². The molecule has 2 N–H and O–H groups in total. The molecule has 0 aliphatic carbocycles. The lowest BCUT2D eigenvalue weighted by molar-refractivity contribution is -0.109. The van der Waals surface area contributed by atoms with Crippen LogP contribution < -0.4 is 45.4 Å². The lowest BCUT2D eigenvalue weighted by Crippen LogP contribution is -3.00. The molecule has 0 saturated heterocycles. The van der Waals surface area contributed by atoms with Gasteiger partial charge in [-0.15, -0.1) is 0 Å². The van der Waals surface area contributed by atoms with Gasteiger partial charge in [-0.25, -0.2) is 13.2 Å². The summed E-state index contributed by atoms with van der Waals surface area (Å²) in [5, 5.41) is 23.0. The summed E-state index contributed by atoms with van der Waals surface area (Å²) in [6.07, 6.45) is 3.44. The molecule has 13 nitrogen and oxygen atoms in total. The third kappa shape index (κ3) is 24.4. The Morgan fingerprint density at radius 3 is 1.39 bits per heavy atom. The number of aromatic hydroxyl groups is 1. The zero-order chi connectivity index (χ0) is 80.1. The summed E-state index contributed by atoms with van der Waals surface area (Å²) in [5.41, 5.74) is 5.75. The van der Waals surface area contributed by atoms with Gasteiger partial charge in [0.15, 0.2) is 35.6 Å². The predicted molar refractivity (Wildman–Crippen MR) is 459 cm³/mol. The van der Waals surface area contributed by atoms with Crippen molar-refractivity contribution in [2.75, 3.05) is 34.5 Å². The zero-order valence-corrected chi connectivity index (χ0v) is 69.8. The number of aliphatic hydroxyl groups excluding tert-OH is 1. The van der Waals surface area contributed by atoms with Crippen LogP contribution in [0.5, 0.6) is 40.2 Å². The van der Waals surface area contributed by atoms with E-state index in [-0.39, 0.29) is 57.1 Å². The highest BCUT2D eigenvalue weighted by Crippen LogP contribution is 2.48. The van der Waals surface area contributed by atoms with Gasteiger partial charge >= 0.3 is 5.97 Å². The maximum absolute atomic E-state index is 12.1. The average Bonchev–Trinajstić information content (AvgIpc) is 1.60. The highest BCUT2D eigenvalue weighted by atomic mass is 79.9. The van der Waals surface area contributed by atoms with E-state index < -0.39 is 27.3 Å². The first-order chi connectivity index (χ1) is 54.9. The van der Waals surface area contributed by atoms with Crippen molar-refractivity contribution in [2.45, 2.75) is 117 Å². The lowest BCUT2D eigenvalue weighted by Gasteiger charge is -2.21. The van der Waals surface area contributed by atoms with Crippen molar-refractivity contribution < 1.29 is 78.1 Å². The Morgan fingerprint density at radius 2 is 0.904 bits per heavy atom. The van der Waals surface area contributed by atoms with Crippen LogP contribution in [0.3, 0.4) is 0 Å². The Balaban J connectivity index is 0.000000167. The van der Waals surface area contributed by atoms with Crippen molar-refractivity contribution in [2.24, 2.45) is 0 Å². The van der Waals surface area contributed by atoms with Gasteiger partial charge in [-0.05, 0) is 204 Å².